The summed E-state index contributed by atoms with van der Waals surface area (Å²) in [7, 11) is 1.36. The molecule has 0 aliphatic carbocycles. The monoisotopic (exact) mass is 276 g/mol. The van der Waals surface area contributed by atoms with E-state index in [0.717, 1.165) is 18.5 Å². The molecule has 1 unspecified atom stereocenters. The highest BCUT2D eigenvalue weighted by atomic mass is 35.5. The lowest BCUT2D eigenvalue weighted by atomic mass is 10.0. The van der Waals surface area contributed by atoms with E-state index in [1.54, 1.807) is 6.07 Å². The normalized spacial score (nSPS) is 20.4. The molecule has 1 aromatic rings. The van der Waals surface area contributed by atoms with Crippen LogP contribution in [0.15, 0.2) is 35.5 Å². The average Bonchev–Trinajstić information content (AvgIpc) is 2.46. The van der Waals surface area contributed by atoms with Gasteiger partial charge in [0, 0.05) is 6.20 Å². The van der Waals surface area contributed by atoms with Crippen LogP contribution >= 0.6 is 11.6 Å². The average molecular weight is 277 g/mol. The standard InChI is InChI=1S/C14H13ClN2O2/c1-19-14(18)9-5-4-7-10-12(9)16-13(15)11-6-2-3-8-17(10)11/h3-5,7-8,11H,2,6H2,1H3. The van der Waals surface area contributed by atoms with Gasteiger partial charge in [-0.25, -0.2) is 9.79 Å². The van der Waals surface area contributed by atoms with E-state index in [1.165, 1.54) is 7.11 Å². The number of halogens is 1. The Morgan fingerprint density at radius 3 is 3.16 bits per heavy atom. The van der Waals surface area contributed by atoms with Crippen molar-refractivity contribution in [3.8, 4) is 0 Å². The second-order valence-electron chi connectivity index (χ2n) is 4.48. The van der Waals surface area contributed by atoms with Crippen LogP contribution in [-0.4, -0.2) is 24.3 Å². The maximum Gasteiger partial charge on any atom is 0.340 e. The van der Waals surface area contributed by atoms with Gasteiger partial charge in [0.05, 0.1) is 24.4 Å². The van der Waals surface area contributed by atoms with Gasteiger partial charge in [0.15, 0.2) is 0 Å². The highest BCUT2D eigenvalue weighted by molar-refractivity contribution is 6.67. The van der Waals surface area contributed by atoms with Crippen molar-refractivity contribution in [2.75, 3.05) is 12.0 Å². The zero-order valence-electron chi connectivity index (χ0n) is 10.5. The first-order chi connectivity index (χ1) is 9.22. The molecule has 0 spiro atoms. The maximum atomic E-state index is 11.8. The molecule has 5 heteroatoms. The molecule has 0 amide bonds. The number of allylic oxidation sites excluding steroid dienone is 1. The van der Waals surface area contributed by atoms with Crippen molar-refractivity contribution < 1.29 is 9.53 Å². The Morgan fingerprint density at radius 1 is 1.53 bits per heavy atom. The van der Waals surface area contributed by atoms with Crippen molar-refractivity contribution in [2.45, 2.75) is 18.9 Å². The predicted molar refractivity (Wildman–Crippen MR) is 75.4 cm³/mol. The van der Waals surface area contributed by atoms with Crippen LogP contribution in [0.1, 0.15) is 23.2 Å². The molecule has 4 nitrogen and oxygen atoms in total. The van der Waals surface area contributed by atoms with E-state index in [-0.39, 0.29) is 6.04 Å². The number of aliphatic imine (C=N–C) groups is 1. The van der Waals surface area contributed by atoms with Crippen LogP contribution in [-0.2, 0) is 4.74 Å². The Balaban J connectivity index is 2.18. The number of nitrogens with zero attached hydrogens (tertiary/aromatic N) is 2. The van der Waals surface area contributed by atoms with Crippen LogP contribution in [0.3, 0.4) is 0 Å². The summed E-state index contributed by atoms with van der Waals surface area (Å²) in [6, 6.07) is 5.55. The summed E-state index contributed by atoms with van der Waals surface area (Å²) >= 11 is 6.26. The van der Waals surface area contributed by atoms with E-state index in [0.29, 0.717) is 16.4 Å². The lowest BCUT2D eigenvalue weighted by molar-refractivity contribution is 0.0601. The van der Waals surface area contributed by atoms with Gasteiger partial charge in [-0.2, -0.15) is 0 Å². The number of rotatable bonds is 1. The van der Waals surface area contributed by atoms with Gasteiger partial charge in [0.25, 0.3) is 0 Å². The predicted octanol–water partition coefficient (Wildman–Crippen LogP) is 3.24. The minimum absolute atomic E-state index is 0.0760. The first-order valence-corrected chi connectivity index (χ1v) is 6.50. The Hall–Kier alpha value is -1.81. The molecule has 0 N–H and O–H groups in total. The van der Waals surface area contributed by atoms with Crippen LogP contribution in [0.4, 0.5) is 11.4 Å². The Bertz CT molecular complexity index is 595. The number of carbonyl (C=O) groups excluding carboxylic acids is 1. The zero-order chi connectivity index (χ0) is 13.4. The molecule has 0 radical (unpaired) electrons. The zero-order valence-corrected chi connectivity index (χ0v) is 11.2. The number of anilines is 1. The van der Waals surface area contributed by atoms with Gasteiger partial charge in [0.1, 0.15) is 10.9 Å². The van der Waals surface area contributed by atoms with Crippen LogP contribution < -0.4 is 4.90 Å². The second-order valence-corrected chi connectivity index (χ2v) is 4.87. The van der Waals surface area contributed by atoms with Crippen molar-refractivity contribution in [1.29, 1.82) is 0 Å². The summed E-state index contributed by atoms with van der Waals surface area (Å²) in [6.45, 7) is 0. The van der Waals surface area contributed by atoms with Gasteiger partial charge in [-0.1, -0.05) is 23.7 Å². The van der Waals surface area contributed by atoms with Gasteiger partial charge < -0.3 is 9.64 Å². The Morgan fingerprint density at radius 2 is 2.37 bits per heavy atom. The minimum atomic E-state index is -0.399. The van der Waals surface area contributed by atoms with E-state index >= 15 is 0 Å². The molecule has 0 saturated heterocycles. The van der Waals surface area contributed by atoms with E-state index in [9.17, 15) is 4.79 Å². The number of ether oxygens (including phenoxy) is 1. The number of fused-ring (bicyclic) bond motifs is 3. The number of methoxy groups -OCH3 is 1. The molecule has 2 aliphatic rings. The molecular formula is C14H13ClN2O2. The third kappa shape index (κ3) is 1.92. The van der Waals surface area contributed by atoms with Crippen molar-refractivity contribution in [2.24, 2.45) is 4.99 Å². The quantitative estimate of drug-likeness (QED) is 0.740. The summed E-state index contributed by atoms with van der Waals surface area (Å²) in [5.41, 5.74) is 1.92. The Labute approximate surface area is 116 Å². The lowest BCUT2D eigenvalue weighted by Gasteiger charge is -2.36. The van der Waals surface area contributed by atoms with Crippen LogP contribution in [0.5, 0.6) is 0 Å². The van der Waals surface area contributed by atoms with Crippen LogP contribution in [0.2, 0.25) is 0 Å². The van der Waals surface area contributed by atoms with E-state index in [1.807, 2.05) is 18.3 Å². The van der Waals surface area contributed by atoms with E-state index in [2.05, 4.69) is 16.0 Å². The first kappa shape index (κ1) is 12.2. The summed E-state index contributed by atoms with van der Waals surface area (Å²) in [4.78, 5) is 18.3. The van der Waals surface area contributed by atoms with Crippen molar-refractivity contribution >= 4 is 34.1 Å². The Kier molecular flexibility index (Phi) is 3.03. The van der Waals surface area contributed by atoms with Crippen molar-refractivity contribution in [3.05, 3.63) is 36.0 Å². The van der Waals surface area contributed by atoms with Crippen LogP contribution in [0.25, 0.3) is 0 Å². The molecule has 2 heterocycles. The number of para-hydroxylation sites is 1. The van der Waals surface area contributed by atoms with Gasteiger partial charge in [-0.15, -0.1) is 0 Å². The molecule has 2 aliphatic heterocycles. The summed E-state index contributed by atoms with van der Waals surface area (Å²) in [5, 5.41) is 0.521. The highest BCUT2D eigenvalue weighted by Gasteiger charge is 2.31. The van der Waals surface area contributed by atoms with Gasteiger partial charge in [-0.3, -0.25) is 0 Å². The van der Waals surface area contributed by atoms with Gasteiger partial charge in [0.2, 0.25) is 0 Å². The molecular weight excluding hydrogens is 264 g/mol. The first-order valence-electron chi connectivity index (χ1n) is 6.13. The van der Waals surface area contributed by atoms with Gasteiger partial charge in [-0.05, 0) is 25.0 Å². The molecule has 1 atom stereocenters. The number of hydrogen-bond acceptors (Lipinski definition) is 4. The molecule has 1 aromatic carbocycles. The fraction of sp³-hybridized carbons (Fsp3) is 0.286. The molecule has 0 fully saturated rings. The minimum Gasteiger partial charge on any atom is -0.465 e. The van der Waals surface area contributed by atoms with Crippen molar-refractivity contribution in [1.82, 2.24) is 0 Å². The fourth-order valence-electron chi connectivity index (χ4n) is 2.48. The molecule has 19 heavy (non-hydrogen) atoms. The number of benzene rings is 1. The third-order valence-corrected chi connectivity index (χ3v) is 3.74. The molecule has 0 bridgehead atoms. The third-order valence-electron chi connectivity index (χ3n) is 3.40. The van der Waals surface area contributed by atoms with Gasteiger partial charge >= 0.3 is 5.97 Å². The molecule has 3 rings (SSSR count). The maximum absolute atomic E-state index is 11.8. The summed E-state index contributed by atoms with van der Waals surface area (Å²) in [5.74, 6) is -0.399. The smallest absolute Gasteiger partial charge is 0.340 e. The number of carbonyl (C=O) groups is 1. The second kappa shape index (κ2) is 4.70. The molecule has 0 aromatic heterocycles. The lowest BCUT2D eigenvalue weighted by Crippen LogP contribution is -2.39. The van der Waals surface area contributed by atoms with Crippen molar-refractivity contribution in [3.63, 3.8) is 0 Å². The molecule has 0 saturated carbocycles. The van der Waals surface area contributed by atoms with E-state index < -0.39 is 5.97 Å². The van der Waals surface area contributed by atoms with Crippen LogP contribution in [0, 0.1) is 0 Å². The number of esters is 1. The topological polar surface area (TPSA) is 41.9 Å². The molecule has 98 valence electrons. The van der Waals surface area contributed by atoms with E-state index in [4.69, 9.17) is 16.3 Å². The fourth-order valence-corrected chi connectivity index (χ4v) is 2.78. The summed E-state index contributed by atoms with van der Waals surface area (Å²) < 4.78 is 4.79. The summed E-state index contributed by atoms with van der Waals surface area (Å²) in [6.07, 6.45) is 6.02. The highest BCUT2D eigenvalue weighted by Crippen LogP contribution is 2.40. The largest absolute Gasteiger partial charge is 0.465 e. The number of hydrogen-bond donors (Lipinski definition) is 0. The SMILES string of the molecule is COC(=O)c1cccc2c1N=C(Cl)C1CCC=CN21.